The van der Waals surface area contributed by atoms with Gasteiger partial charge in [0.05, 0.1) is 6.10 Å². The molecule has 2 N–H and O–H groups in total. The lowest BCUT2D eigenvalue weighted by molar-refractivity contribution is 0.0546. The van der Waals surface area contributed by atoms with Crippen LogP contribution in [-0.2, 0) is 4.74 Å². The normalized spacial score (nSPS) is 32.8. The van der Waals surface area contributed by atoms with Crippen molar-refractivity contribution in [2.75, 3.05) is 39.4 Å². The van der Waals surface area contributed by atoms with Crippen LogP contribution < -0.4 is 5.32 Å². The Balaban J connectivity index is 1.85. The summed E-state index contributed by atoms with van der Waals surface area (Å²) in [5.74, 6) is 0. The van der Waals surface area contributed by atoms with Gasteiger partial charge in [0.15, 0.2) is 0 Å². The van der Waals surface area contributed by atoms with E-state index in [0.29, 0.717) is 12.1 Å². The SMILES string of the molecule is OCCC1CNCCCN1CC1CCCO1. The van der Waals surface area contributed by atoms with Crippen LogP contribution in [-0.4, -0.2) is 61.5 Å². The molecule has 4 nitrogen and oxygen atoms in total. The molecule has 2 aliphatic heterocycles. The number of hydrogen-bond acceptors (Lipinski definition) is 4. The van der Waals surface area contributed by atoms with Gasteiger partial charge in [0.2, 0.25) is 0 Å². The Morgan fingerprint density at radius 3 is 3.06 bits per heavy atom. The third-order valence-electron chi connectivity index (χ3n) is 3.62. The zero-order valence-corrected chi connectivity index (χ0v) is 10.0. The highest BCUT2D eigenvalue weighted by molar-refractivity contribution is 4.81. The van der Waals surface area contributed by atoms with E-state index in [1.165, 1.54) is 19.3 Å². The number of aliphatic hydroxyl groups is 1. The monoisotopic (exact) mass is 228 g/mol. The van der Waals surface area contributed by atoms with Crippen molar-refractivity contribution in [2.45, 2.75) is 37.8 Å². The van der Waals surface area contributed by atoms with E-state index in [2.05, 4.69) is 10.2 Å². The molecule has 0 aromatic carbocycles. The van der Waals surface area contributed by atoms with E-state index in [0.717, 1.165) is 39.2 Å². The van der Waals surface area contributed by atoms with Crippen molar-refractivity contribution < 1.29 is 9.84 Å². The smallest absolute Gasteiger partial charge is 0.0702 e. The number of nitrogens with zero attached hydrogens (tertiary/aromatic N) is 1. The van der Waals surface area contributed by atoms with Gasteiger partial charge in [0, 0.05) is 32.3 Å². The second-order valence-corrected chi connectivity index (χ2v) is 4.85. The minimum Gasteiger partial charge on any atom is -0.396 e. The summed E-state index contributed by atoms with van der Waals surface area (Å²) in [7, 11) is 0. The number of hydrogen-bond donors (Lipinski definition) is 2. The summed E-state index contributed by atoms with van der Waals surface area (Å²) in [6.07, 6.45) is 4.92. The molecule has 94 valence electrons. The Kier molecular flexibility index (Phi) is 5.03. The van der Waals surface area contributed by atoms with Gasteiger partial charge in [-0.1, -0.05) is 0 Å². The molecule has 0 spiro atoms. The number of nitrogens with one attached hydrogen (secondary N) is 1. The molecule has 2 heterocycles. The first kappa shape index (κ1) is 12.3. The molecule has 0 aromatic heterocycles. The second-order valence-electron chi connectivity index (χ2n) is 4.85. The molecule has 0 aliphatic carbocycles. The van der Waals surface area contributed by atoms with Crippen LogP contribution >= 0.6 is 0 Å². The van der Waals surface area contributed by atoms with Crippen molar-refractivity contribution in [1.29, 1.82) is 0 Å². The van der Waals surface area contributed by atoms with Crippen molar-refractivity contribution in [3.8, 4) is 0 Å². The Morgan fingerprint density at radius 2 is 2.31 bits per heavy atom. The summed E-state index contributed by atoms with van der Waals surface area (Å²) in [4.78, 5) is 2.51. The zero-order chi connectivity index (χ0) is 11.2. The zero-order valence-electron chi connectivity index (χ0n) is 10.0. The molecule has 0 radical (unpaired) electrons. The Labute approximate surface area is 98.0 Å². The van der Waals surface area contributed by atoms with E-state index in [4.69, 9.17) is 9.84 Å². The first-order valence-electron chi connectivity index (χ1n) is 6.57. The lowest BCUT2D eigenvalue weighted by Crippen LogP contribution is -2.44. The molecule has 0 saturated carbocycles. The van der Waals surface area contributed by atoms with Crippen molar-refractivity contribution >= 4 is 0 Å². The van der Waals surface area contributed by atoms with E-state index in [9.17, 15) is 0 Å². The standard InChI is InChI=1S/C12H24N2O2/c15-7-4-11-9-13-5-2-6-14(11)10-12-3-1-8-16-12/h11-13,15H,1-10H2. The molecule has 2 aliphatic rings. The molecule has 0 aromatic rings. The summed E-state index contributed by atoms with van der Waals surface area (Å²) in [5, 5.41) is 12.5. The Bertz CT molecular complexity index is 195. The second kappa shape index (κ2) is 6.55. The van der Waals surface area contributed by atoms with Gasteiger partial charge in [0.1, 0.15) is 0 Å². The molecule has 2 fully saturated rings. The quantitative estimate of drug-likeness (QED) is 0.722. The Hall–Kier alpha value is -0.160. The van der Waals surface area contributed by atoms with Crippen LogP contribution in [0.3, 0.4) is 0 Å². The van der Waals surface area contributed by atoms with Crippen LogP contribution in [0, 0.1) is 0 Å². The van der Waals surface area contributed by atoms with Gasteiger partial charge in [-0.25, -0.2) is 0 Å². The fourth-order valence-electron chi connectivity index (χ4n) is 2.71. The van der Waals surface area contributed by atoms with Crippen LogP contribution in [0.25, 0.3) is 0 Å². The topological polar surface area (TPSA) is 44.7 Å². The Morgan fingerprint density at radius 1 is 1.38 bits per heavy atom. The van der Waals surface area contributed by atoms with E-state index < -0.39 is 0 Å². The lowest BCUT2D eigenvalue weighted by Gasteiger charge is -2.31. The van der Waals surface area contributed by atoms with Crippen LogP contribution in [0.1, 0.15) is 25.7 Å². The van der Waals surface area contributed by atoms with Crippen molar-refractivity contribution in [3.63, 3.8) is 0 Å². The minimum atomic E-state index is 0.286. The summed E-state index contributed by atoms with van der Waals surface area (Å²) in [6, 6.07) is 0.483. The van der Waals surface area contributed by atoms with Gasteiger partial charge in [-0.15, -0.1) is 0 Å². The predicted octanol–water partition coefficient (Wildman–Crippen LogP) is 0.212. The highest BCUT2D eigenvalue weighted by Gasteiger charge is 2.25. The number of ether oxygens (including phenoxy) is 1. The maximum Gasteiger partial charge on any atom is 0.0702 e. The molecule has 2 rings (SSSR count). The average molecular weight is 228 g/mol. The average Bonchev–Trinajstić information content (AvgIpc) is 2.69. The van der Waals surface area contributed by atoms with Crippen molar-refractivity contribution in [3.05, 3.63) is 0 Å². The summed E-state index contributed by atoms with van der Waals surface area (Å²) >= 11 is 0. The molecule has 2 unspecified atom stereocenters. The van der Waals surface area contributed by atoms with Gasteiger partial charge in [-0.2, -0.15) is 0 Å². The highest BCUT2D eigenvalue weighted by Crippen LogP contribution is 2.16. The lowest BCUT2D eigenvalue weighted by atomic mass is 10.1. The number of rotatable bonds is 4. The third kappa shape index (κ3) is 3.42. The molecule has 0 bridgehead atoms. The first-order valence-corrected chi connectivity index (χ1v) is 6.57. The third-order valence-corrected chi connectivity index (χ3v) is 3.62. The van der Waals surface area contributed by atoms with E-state index in [1.54, 1.807) is 0 Å². The molecular weight excluding hydrogens is 204 g/mol. The van der Waals surface area contributed by atoms with Gasteiger partial charge >= 0.3 is 0 Å². The van der Waals surface area contributed by atoms with E-state index in [1.807, 2.05) is 0 Å². The van der Waals surface area contributed by atoms with Crippen LogP contribution in [0.15, 0.2) is 0 Å². The molecular formula is C12H24N2O2. The van der Waals surface area contributed by atoms with E-state index >= 15 is 0 Å². The molecule has 16 heavy (non-hydrogen) atoms. The van der Waals surface area contributed by atoms with Crippen LogP contribution in [0.2, 0.25) is 0 Å². The first-order chi connectivity index (χ1) is 7.90. The molecule has 2 atom stereocenters. The molecule has 4 heteroatoms. The predicted molar refractivity (Wildman–Crippen MR) is 63.5 cm³/mol. The summed E-state index contributed by atoms with van der Waals surface area (Å²) in [6.45, 7) is 5.51. The fourth-order valence-corrected chi connectivity index (χ4v) is 2.71. The van der Waals surface area contributed by atoms with Crippen LogP contribution in [0.4, 0.5) is 0 Å². The number of aliphatic hydroxyl groups excluding tert-OH is 1. The highest BCUT2D eigenvalue weighted by atomic mass is 16.5. The van der Waals surface area contributed by atoms with Gasteiger partial charge < -0.3 is 15.2 Å². The van der Waals surface area contributed by atoms with E-state index in [-0.39, 0.29) is 6.61 Å². The maximum atomic E-state index is 9.10. The largest absolute Gasteiger partial charge is 0.396 e. The molecule has 2 saturated heterocycles. The van der Waals surface area contributed by atoms with Gasteiger partial charge in [-0.3, -0.25) is 4.90 Å². The van der Waals surface area contributed by atoms with Crippen LogP contribution in [0.5, 0.6) is 0 Å². The van der Waals surface area contributed by atoms with Crippen molar-refractivity contribution in [2.24, 2.45) is 0 Å². The minimum absolute atomic E-state index is 0.286. The summed E-state index contributed by atoms with van der Waals surface area (Å²) in [5.41, 5.74) is 0. The van der Waals surface area contributed by atoms with Gasteiger partial charge in [0.25, 0.3) is 0 Å². The van der Waals surface area contributed by atoms with Crippen molar-refractivity contribution in [1.82, 2.24) is 10.2 Å². The fraction of sp³-hybridized carbons (Fsp3) is 1.00. The summed E-state index contributed by atoms with van der Waals surface area (Å²) < 4.78 is 5.70. The molecule has 0 amide bonds. The maximum absolute atomic E-state index is 9.10. The van der Waals surface area contributed by atoms with Gasteiger partial charge in [-0.05, 0) is 38.8 Å².